The van der Waals surface area contributed by atoms with Crippen LogP contribution in [0.4, 0.5) is 24.8 Å². The molecule has 6 nitrogen and oxygen atoms in total. The molecule has 1 fully saturated rings. The van der Waals surface area contributed by atoms with Crippen molar-refractivity contribution < 1.29 is 22.8 Å². The average molecular weight is 441 g/mol. The van der Waals surface area contributed by atoms with Gasteiger partial charge in [-0.05, 0) is 37.0 Å². The van der Waals surface area contributed by atoms with Gasteiger partial charge in [-0.25, -0.2) is 9.97 Å². The Labute approximate surface area is 176 Å². The van der Waals surface area contributed by atoms with Crippen molar-refractivity contribution in [2.24, 2.45) is 5.92 Å². The van der Waals surface area contributed by atoms with Gasteiger partial charge in [-0.1, -0.05) is 11.6 Å². The summed E-state index contributed by atoms with van der Waals surface area (Å²) in [6.45, 7) is 2.42. The average Bonchev–Trinajstić information content (AvgIpc) is 2.67. The van der Waals surface area contributed by atoms with Crippen molar-refractivity contribution in [3.05, 3.63) is 46.7 Å². The van der Waals surface area contributed by atoms with E-state index in [4.69, 9.17) is 11.6 Å². The number of Topliss-reactive ketones (excluding diaryl/α,β-unsaturated/α-hetero) is 1. The Morgan fingerprint density at radius 3 is 2.73 bits per heavy atom. The number of anilines is 2. The van der Waals surface area contributed by atoms with Crippen molar-refractivity contribution in [1.29, 1.82) is 0 Å². The minimum atomic E-state index is -4.51. The van der Waals surface area contributed by atoms with Crippen molar-refractivity contribution in [3.63, 3.8) is 0 Å². The standard InChI is InChI=1S/C20H20ClF3N4O2/c1-12(29)27-18-8-14(4-5-25-18)17(30)7-13-3-2-6-28(11-13)19-16(21)9-15(10-26-19)20(22,23)24/h4-5,8-10,13H,2-3,6-7,11H2,1H3,(H,25,27,29)/t13-/m1/s1. The van der Waals surface area contributed by atoms with Gasteiger partial charge in [-0.2, -0.15) is 13.2 Å². The molecule has 2 aromatic heterocycles. The first kappa shape index (κ1) is 22.0. The second-order valence-electron chi connectivity index (χ2n) is 7.22. The smallest absolute Gasteiger partial charge is 0.355 e. The Morgan fingerprint density at radius 2 is 2.07 bits per heavy atom. The van der Waals surface area contributed by atoms with Gasteiger partial charge in [0.05, 0.1) is 10.6 Å². The molecule has 0 unspecified atom stereocenters. The molecule has 1 N–H and O–H groups in total. The third-order valence-electron chi connectivity index (χ3n) is 4.83. The zero-order chi connectivity index (χ0) is 21.9. The predicted octanol–water partition coefficient (Wildman–Crippen LogP) is 4.60. The van der Waals surface area contributed by atoms with E-state index >= 15 is 0 Å². The van der Waals surface area contributed by atoms with Crippen LogP contribution in [0.5, 0.6) is 0 Å². The van der Waals surface area contributed by atoms with Crippen LogP contribution in [0.15, 0.2) is 30.6 Å². The molecule has 10 heteroatoms. The molecule has 1 amide bonds. The van der Waals surface area contributed by atoms with E-state index in [1.807, 2.05) is 4.90 Å². The van der Waals surface area contributed by atoms with Crippen molar-refractivity contribution in [1.82, 2.24) is 9.97 Å². The van der Waals surface area contributed by atoms with Crippen LogP contribution >= 0.6 is 11.6 Å². The maximum atomic E-state index is 12.8. The molecule has 1 saturated heterocycles. The fraction of sp³-hybridized carbons (Fsp3) is 0.400. The monoisotopic (exact) mass is 440 g/mol. The van der Waals surface area contributed by atoms with Gasteiger partial charge >= 0.3 is 6.18 Å². The van der Waals surface area contributed by atoms with Crippen LogP contribution in [0.3, 0.4) is 0 Å². The molecule has 30 heavy (non-hydrogen) atoms. The lowest BCUT2D eigenvalue weighted by molar-refractivity contribution is -0.137. The highest BCUT2D eigenvalue weighted by Gasteiger charge is 2.32. The van der Waals surface area contributed by atoms with Gasteiger partial charge in [-0.15, -0.1) is 0 Å². The summed E-state index contributed by atoms with van der Waals surface area (Å²) < 4.78 is 38.5. The number of piperidine rings is 1. The number of amides is 1. The zero-order valence-electron chi connectivity index (χ0n) is 16.2. The van der Waals surface area contributed by atoms with Crippen molar-refractivity contribution in [2.75, 3.05) is 23.3 Å². The van der Waals surface area contributed by atoms with Crippen LogP contribution in [-0.2, 0) is 11.0 Å². The number of rotatable bonds is 5. The largest absolute Gasteiger partial charge is 0.417 e. The minimum absolute atomic E-state index is 0.00351. The summed E-state index contributed by atoms with van der Waals surface area (Å²) in [5, 5.41) is 2.48. The first-order valence-corrected chi connectivity index (χ1v) is 9.76. The Hall–Kier alpha value is -2.68. The summed E-state index contributed by atoms with van der Waals surface area (Å²) in [4.78, 5) is 33.6. The molecule has 0 aromatic carbocycles. The number of carbonyl (C=O) groups excluding carboxylic acids is 2. The number of carbonyl (C=O) groups is 2. The Kier molecular flexibility index (Phi) is 6.60. The third kappa shape index (κ3) is 5.47. The molecule has 1 atom stereocenters. The lowest BCUT2D eigenvalue weighted by Gasteiger charge is -2.34. The topological polar surface area (TPSA) is 75.2 Å². The number of aromatic nitrogens is 2. The number of halogens is 4. The van der Waals surface area contributed by atoms with Gasteiger partial charge in [0, 0.05) is 44.4 Å². The molecule has 3 rings (SSSR count). The van der Waals surface area contributed by atoms with Crippen LogP contribution in [-0.4, -0.2) is 34.7 Å². The molecule has 0 aliphatic carbocycles. The number of hydrogen-bond donors (Lipinski definition) is 1. The van der Waals surface area contributed by atoms with E-state index in [0.717, 1.165) is 25.1 Å². The van der Waals surface area contributed by atoms with Crippen LogP contribution in [0.2, 0.25) is 5.02 Å². The van der Waals surface area contributed by atoms with Crippen LogP contribution in [0.1, 0.15) is 42.1 Å². The minimum Gasteiger partial charge on any atom is -0.355 e. The molecule has 0 radical (unpaired) electrons. The summed E-state index contributed by atoms with van der Waals surface area (Å²) in [7, 11) is 0. The van der Waals surface area contributed by atoms with E-state index < -0.39 is 11.7 Å². The quantitative estimate of drug-likeness (QED) is 0.688. The zero-order valence-corrected chi connectivity index (χ0v) is 16.9. The molecular formula is C20H20ClF3N4O2. The number of nitrogens with one attached hydrogen (secondary N) is 1. The van der Waals surface area contributed by atoms with Crippen molar-refractivity contribution in [3.8, 4) is 0 Å². The summed E-state index contributed by atoms with van der Waals surface area (Å²) in [6, 6.07) is 3.99. The third-order valence-corrected chi connectivity index (χ3v) is 5.11. The molecule has 160 valence electrons. The van der Waals surface area contributed by atoms with E-state index in [0.29, 0.717) is 30.3 Å². The van der Waals surface area contributed by atoms with Gasteiger partial charge < -0.3 is 10.2 Å². The Balaban J connectivity index is 1.68. The van der Waals surface area contributed by atoms with Crippen molar-refractivity contribution in [2.45, 2.75) is 32.4 Å². The molecular weight excluding hydrogens is 421 g/mol. The molecule has 0 spiro atoms. The van der Waals surface area contributed by atoms with Crippen LogP contribution in [0, 0.1) is 5.92 Å². The van der Waals surface area contributed by atoms with Crippen molar-refractivity contribution >= 4 is 34.9 Å². The highest BCUT2D eigenvalue weighted by molar-refractivity contribution is 6.33. The van der Waals surface area contributed by atoms with Gasteiger partial charge in [0.2, 0.25) is 5.91 Å². The normalized spacial score (nSPS) is 17.0. The molecule has 3 heterocycles. The fourth-order valence-corrected chi connectivity index (χ4v) is 3.76. The number of alkyl halides is 3. The molecule has 0 bridgehead atoms. The summed E-state index contributed by atoms with van der Waals surface area (Å²) in [5.41, 5.74) is -0.454. The van der Waals surface area contributed by atoms with Gasteiger partial charge in [0.25, 0.3) is 0 Å². The number of pyridine rings is 2. The van der Waals surface area contributed by atoms with E-state index in [1.54, 1.807) is 6.07 Å². The van der Waals surface area contributed by atoms with Gasteiger partial charge in [-0.3, -0.25) is 9.59 Å². The maximum absolute atomic E-state index is 12.8. The second kappa shape index (κ2) is 8.99. The predicted molar refractivity (Wildman–Crippen MR) is 107 cm³/mol. The molecule has 0 saturated carbocycles. The highest BCUT2D eigenvalue weighted by Crippen LogP contribution is 2.35. The first-order valence-electron chi connectivity index (χ1n) is 9.38. The fourth-order valence-electron chi connectivity index (χ4n) is 3.48. The highest BCUT2D eigenvalue weighted by atomic mass is 35.5. The first-order chi connectivity index (χ1) is 14.1. The second-order valence-corrected chi connectivity index (χ2v) is 7.63. The van der Waals surface area contributed by atoms with Crippen LogP contribution < -0.4 is 10.2 Å². The number of ketones is 1. The number of hydrogen-bond acceptors (Lipinski definition) is 5. The number of nitrogens with zero attached hydrogens (tertiary/aromatic N) is 3. The molecule has 2 aromatic rings. The lowest BCUT2D eigenvalue weighted by atomic mass is 9.91. The summed E-state index contributed by atoms with van der Waals surface area (Å²) in [5.74, 6) is 0.222. The Morgan fingerprint density at radius 1 is 1.30 bits per heavy atom. The van der Waals surface area contributed by atoms with Crippen LogP contribution in [0.25, 0.3) is 0 Å². The van der Waals surface area contributed by atoms with E-state index in [9.17, 15) is 22.8 Å². The van der Waals surface area contributed by atoms with Gasteiger partial charge in [0.1, 0.15) is 11.6 Å². The summed E-state index contributed by atoms with van der Waals surface area (Å²) in [6.07, 6.45) is -0.437. The maximum Gasteiger partial charge on any atom is 0.417 e. The Bertz CT molecular complexity index is 952. The van der Waals surface area contributed by atoms with E-state index in [-0.39, 0.29) is 29.1 Å². The van der Waals surface area contributed by atoms with E-state index in [1.165, 1.54) is 19.2 Å². The SMILES string of the molecule is CC(=O)Nc1cc(C(=O)C[C@H]2CCCN(c3ncc(C(F)(F)F)cc3Cl)C2)ccn1. The molecule has 1 aliphatic rings. The lowest BCUT2D eigenvalue weighted by Crippen LogP contribution is -2.37. The van der Waals surface area contributed by atoms with Gasteiger partial charge in [0.15, 0.2) is 5.78 Å². The summed E-state index contributed by atoms with van der Waals surface area (Å²) >= 11 is 6.06. The molecule has 1 aliphatic heterocycles. The van der Waals surface area contributed by atoms with E-state index in [2.05, 4.69) is 15.3 Å².